The van der Waals surface area contributed by atoms with Crippen LogP contribution in [0.3, 0.4) is 0 Å². The summed E-state index contributed by atoms with van der Waals surface area (Å²) >= 11 is 5.82. The van der Waals surface area contributed by atoms with Gasteiger partial charge < -0.3 is 20.3 Å². The first-order valence-corrected chi connectivity index (χ1v) is 11.0. The predicted molar refractivity (Wildman–Crippen MR) is 114 cm³/mol. The highest BCUT2D eigenvalue weighted by Crippen LogP contribution is 2.24. The summed E-state index contributed by atoms with van der Waals surface area (Å²) in [5, 5.41) is 6.50. The summed E-state index contributed by atoms with van der Waals surface area (Å²) in [5.41, 5.74) is -0.0291. The number of hydrogen-bond acceptors (Lipinski definition) is 4. The van der Waals surface area contributed by atoms with E-state index in [1.807, 2.05) is 18.7 Å². The molecule has 166 valence electrons. The number of morpholine rings is 1. The van der Waals surface area contributed by atoms with Crippen molar-refractivity contribution in [3.8, 4) is 0 Å². The number of carbonyl (C=O) groups is 2. The summed E-state index contributed by atoms with van der Waals surface area (Å²) < 4.78 is 18.9. The highest BCUT2D eigenvalue weighted by Gasteiger charge is 2.34. The van der Waals surface area contributed by atoms with Gasteiger partial charge in [0.25, 0.3) is 5.91 Å². The average Bonchev–Trinajstić information content (AvgIpc) is 2.70. The second-order valence-electron chi connectivity index (χ2n) is 8.88. The number of amides is 2. The molecule has 1 heterocycles. The van der Waals surface area contributed by atoms with E-state index in [-0.39, 0.29) is 27.9 Å². The molecule has 1 aromatic rings. The molecule has 0 spiro atoms. The highest BCUT2D eigenvalue weighted by molar-refractivity contribution is 6.31. The minimum Gasteiger partial charge on any atom is -0.377 e. The zero-order valence-corrected chi connectivity index (χ0v) is 18.4. The lowest BCUT2D eigenvalue weighted by molar-refractivity contribution is -0.145. The molecule has 2 N–H and O–H groups in total. The van der Waals surface area contributed by atoms with E-state index in [1.54, 1.807) is 0 Å². The van der Waals surface area contributed by atoms with Gasteiger partial charge >= 0.3 is 0 Å². The Labute approximate surface area is 182 Å². The molecule has 3 rings (SSSR count). The van der Waals surface area contributed by atoms with Gasteiger partial charge in [-0.15, -0.1) is 0 Å². The van der Waals surface area contributed by atoms with Gasteiger partial charge in [-0.2, -0.15) is 0 Å². The molecule has 0 unspecified atom stereocenters. The van der Waals surface area contributed by atoms with E-state index in [9.17, 15) is 14.0 Å². The molecule has 2 amide bonds. The van der Waals surface area contributed by atoms with Gasteiger partial charge in [0.1, 0.15) is 5.82 Å². The van der Waals surface area contributed by atoms with Crippen LogP contribution in [0.4, 0.5) is 4.39 Å². The quantitative estimate of drug-likeness (QED) is 0.714. The van der Waals surface area contributed by atoms with Crippen LogP contribution in [0.15, 0.2) is 18.2 Å². The normalized spacial score (nSPS) is 23.8. The van der Waals surface area contributed by atoms with Gasteiger partial charge in [-0.3, -0.25) is 9.59 Å². The third-order valence-corrected chi connectivity index (χ3v) is 6.23. The molecule has 0 radical (unpaired) electrons. The lowest BCUT2D eigenvalue weighted by Crippen LogP contribution is -2.57. The van der Waals surface area contributed by atoms with Crippen LogP contribution in [0, 0.1) is 11.7 Å². The van der Waals surface area contributed by atoms with Crippen molar-refractivity contribution in [3.05, 3.63) is 34.6 Å². The summed E-state index contributed by atoms with van der Waals surface area (Å²) in [7, 11) is 0. The van der Waals surface area contributed by atoms with Gasteiger partial charge in [0, 0.05) is 29.7 Å². The molecule has 6 nitrogen and oxygen atoms in total. The van der Waals surface area contributed by atoms with E-state index in [1.165, 1.54) is 18.2 Å². The minimum absolute atomic E-state index is 0.117. The van der Waals surface area contributed by atoms with Crippen LogP contribution in [0.1, 0.15) is 49.9 Å². The van der Waals surface area contributed by atoms with Gasteiger partial charge in [-0.1, -0.05) is 11.6 Å². The Kier molecular flexibility index (Phi) is 7.71. The second-order valence-corrected chi connectivity index (χ2v) is 9.31. The molecule has 1 aliphatic carbocycles. The maximum atomic E-state index is 13.4. The topological polar surface area (TPSA) is 70.7 Å². The van der Waals surface area contributed by atoms with Crippen molar-refractivity contribution in [2.75, 3.05) is 32.8 Å². The number of nitrogens with zero attached hydrogens (tertiary/aromatic N) is 1. The van der Waals surface area contributed by atoms with Crippen molar-refractivity contribution in [1.29, 1.82) is 0 Å². The maximum Gasteiger partial charge on any atom is 0.251 e. The number of benzene rings is 1. The van der Waals surface area contributed by atoms with Crippen LogP contribution in [0.25, 0.3) is 0 Å². The van der Waals surface area contributed by atoms with Gasteiger partial charge in [-0.25, -0.2) is 4.39 Å². The van der Waals surface area contributed by atoms with E-state index in [0.29, 0.717) is 44.8 Å². The van der Waals surface area contributed by atoms with Crippen LogP contribution < -0.4 is 10.6 Å². The largest absolute Gasteiger partial charge is 0.377 e. The lowest BCUT2D eigenvalue weighted by atomic mass is 9.86. The summed E-state index contributed by atoms with van der Waals surface area (Å²) in [6.45, 7) is 6.75. The van der Waals surface area contributed by atoms with Crippen LogP contribution in [0.2, 0.25) is 5.02 Å². The van der Waals surface area contributed by atoms with Crippen molar-refractivity contribution in [2.24, 2.45) is 5.92 Å². The molecule has 0 atom stereocenters. The van der Waals surface area contributed by atoms with Gasteiger partial charge in [0.15, 0.2) is 0 Å². The Bertz CT molecular complexity index is 746. The molecule has 1 saturated carbocycles. The fourth-order valence-corrected chi connectivity index (χ4v) is 4.46. The Hall–Kier alpha value is -1.70. The Morgan fingerprint density at radius 1 is 1.23 bits per heavy atom. The van der Waals surface area contributed by atoms with E-state index in [4.69, 9.17) is 16.3 Å². The van der Waals surface area contributed by atoms with Crippen molar-refractivity contribution < 1.29 is 18.7 Å². The van der Waals surface area contributed by atoms with Crippen LogP contribution >= 0.6 is 11.6 Å². The fraction of sp³-hybridized carbons (Fsp3) is 0.636. The average molecular weight is 440 g/mol. The first kappa shape index (κ1) is 23.0. The third kappa shape index (κ3) is 6.15. The van der Waals surface area contributed by atoms with E-state index < -0.39 is 5.82 Å². The SMILES string of the molecule is CC1(C)COCCN1C(=O)CN[C@H]1CC[C@H](CNC(=O)c2cc(F)cc(Cl)c2)CC1. The molecule has 0 aromatic heterocycles. The van der Waals surface area contributed by atoms with Crippen molar-refractivity contribution in [1.82, 2.24) is 15.5 Å². The molecule has 1 saturated heterocycles. The molecule has 0 bridgehead atoms. The monoisotopic (exact) mass is 439 g/mol. The maximum absolute atomic E-state index is 13.4. The first-order chi connectivity index (χ1) is 14.2. The van der Waals surface area contributed by atoms with E-state index in [0.717, 1.165) is 25.7 Å². The number of carbonyl (C=O) groups excluding carboxylic acids is 2. The van der Waals surface area contributed by atoms with Crippen molar-refractivity contribution in [3.63, 3.8) is 0 Å². The summed E-state index contributed by atoms with van der Waals surface area (Å²) in [6, 6.07) is 4.15. The van der Waals surface area contributed by atoms with Crippen LogP contribution in [-0.2, 0) is 9.53 Å². The zero-order chi connectivity index (χ0) is 21.7. The molecule has 1 aromatic carbocycles. The van der Waals surface area contributed by atoms with Gasteiger partial charge in [0.05, 0.1) is 25.3 Å². The zero-order valence-electron chi connectivity index (χ0n) is 17.7. The molecule has 30 heavy (non-hydrogen) atoms. The van der Waals surface area contributed by atoms with Gasteiger partial charge in [0.2, 0.25) is 5.91 Å². The van der Waals surface area contributed by atoms with Crippen LogP contribution in [0.5, 0.6) is 0 Å². The van der Waals surface area contributed by atoms with Crippen LogP contribution in [-0.4, -0.2) is 61.1 Å². The molecular weight excluding hydrogens is 409 g/mol. The standard InChI is InChI=1S/C22H31ClFN3O3/c1-22(2)14-30-8-7-27(22)20(28)13-25-19-5-3-15(4-6-19)12-26-21(29)16-9-17(23)11-18(24)10-16/h9-11,15,19,25H,3-8,12-14H2,1-2H3,(H,26,29)/t15-,19-. The molecule has 2 aliphatic rings. The minimum atomic E-state index is -0.519. The fourth-order valence-electron chi connectivity index (χ4n) is 4.24. The number of nitrogens with one attached hydrogen (secondary N) is 2. The molecule has 2 fully saturated rings. The Morgan fingerprint density at radius 2 is 1.97 bits per heavy atom. The number of rotatable bonds is 6. The molecule has 8 heteroatoms. The summed E-state index contributed by atoms with van der Waals surface area (Å²) in [5.74, 6) is -0.332. The Morgan fingerprint density at radius 3 is 2.63 bits per heavy atom. The smallest absolute Gasteiger partial charge is 0.251 e. The van der Waals surface area contributed by atoms with E-state index >= 15 is 0 Å². The molecular formula is C22H31ClFN3O3. The van der Waals surface area contributed by atoms with E-state index in [2.05, 4.69) is 10.6 Å². The number of ether oxygens (including phenoxy) is 1. The van der Waals surface area contributed by atoms with Crippen molar-refractivity contribution >= 4 is 23.4 Å². The molecule has 1 aliphatic heterocycles. The highest BCUT2D eigenvalue weighted by atomic mass is 35.5. The lowest BCUT2D eigenvalue weighted by Gasteiger charge is -2.42. The van der Waals surface area contributed by atoms with Crippen molar-refractivity contribution in [2.45, 2.75) is 51.1 Å². The summed E-state index contributed by atoms with van der Waals surface area (Å²) in [6.07, 6.45) is 3.87. The second kappa shape index (κ2) is 10.1. The van der Waals surface area contributed by atoms with Gasteiger partial charge in [-0.05, 0) is 63.6 Å². The summed E-state index contributed by atoms with van der Waals surface area (Å²) in [4.78, 5) is 26.7. The number of hydrogen-bond donors (Lipinski definition) is 2. The predicted octanol–water partition coefficient (Wildman–Crippen LogP) is 2.99. The first-order valence-electron chi connectivity index (χ1n) is 10.6. The Balaban J connectivity index is 1.37. The number of halogens is 2. The third-order valence-electron chi connectivity index (χ3n) is 6.01.